The first kappa shape index (κ1) is 14.1. The van der Waals surface area contributed by atoms with Crippen molar-refractivity contribution < 1.29 is 14.7 Å². The lowest BCUT2D eigenvalue weighted by atomic mass is 9.97. The largest absolute Gasteiger partial charge is 0.481 e. The van der Waals surface area contributed by atoms with Crippen LogP contribution in [0.2, 0.25) is 0 Å². The summed E-state index contributed by atoms with van der Waals surface area (Å²) in [5.74, 6) is -1.48. The van der Waals surface area contributed by atoms with Crippen molar-refractivity contribution >= 4 is 11.9 Å². The Morgan fingerprint density at radius 3 is 2.95 bits per heavy atom. The number of carboxylic acid groups (broad SMARTS) is 1. The minimum Gasteiger partial charge on any atom is -0.481 e. The molecule has 0 bridgehead atoms. The highest BCUT2D eigenvalue weighted by atomic mass is 16.4. The summed E-state index contributed by atoms with van der Waals surface area (Å²) in [7, 11) is 0. The zero-order chi connectivity index (χ0) is 14.5. The number of benzene rings is 1. The molecule has 1 N–H and O–H groups in total. The molecule has 1 aliphatic rings. The molecule has 2 rings (SSSR count). The van der Waals surface area contributed by atoms with Crippen LogP contribution in [0.1, 0.15) is 28.8 Å². The van der Waals surface area contributed by atoms with Gasteiger partial charge in [0.15, 0.2) is 0 Å². The number of hydrogen-bond donors (Lipinski definition) is 1. The Bertz CT molecular complexity index is 562. The maximum Gasteiger partial charge on any atom is 0.308 e. The first-order valence-corrected chi connectivity index (χ1v) is 6.60. The summed E-state index contributed by atoms with van der Waals surface area (Å²) in [6, 6.07) is 9.01. The lowest BCUT2D eigenvalue weighted by Crippen LogP contribution is -2.42. The molecule has 1 aromatic rings. The second kappa shape index (κ2) is 6.20. The average molecular weight is 272 g/mol. The molecule has 1 fully saturated rings. The first-order chi connectivity index (χ1) is 9.61. The summed E-state index contributed by atoms with van der Waals surface area (Å²) in [6.45, 7) is 0.849. The smallest absolute Gasteiger partial charge is 0.308 e. The molecule has 104 valence electrons. The van der Waals surface area contributed by atoms with Gasteiger partial charge in [0.2, 0.25) is 0 Å². The van der Waals surface area contributed by atoms with Crippen molar-refractivity contribution in [2.24, 2.45) is 5.92 Å². The molecule has 1 aliphatic heterocycles. The fourth-order valence-corrected chi connectivity index (χ4v) is 2.45. The number of carbonyl (C=O) groups excluding carboxylic acids is 1. The van der Waals surface area contributed by atoms with Gasteiger partial charge in [0, 0.05) is 18.7 Å². The molecule has 1 saturated heterocycles. The van der Waals surface area contributed by atoms with E-state index in [0.29, 0.717) is 24.9 Å². The van der Waals surface area contributed by atoms with Crippen LogP contribution in [-0.4, -0.2) is 35.0 Å². The summed E-state index contributed by atoms with van der Waals surface area (Å²) >= 11 is 0. The molecule has 1 heterocycles. The van der Waals surface area contributed by atoms with Crippen molar-refractivity contribution in [1.29, 1.82) is 5.26 Å². The number of nitriles is 1. The van der Waals surface area contributed by atoms with Crippen molar-refractivity contribution in [2.45, 2.75) is 19.3 Å². The third-order valence-corrected chi connectivity index (χ3v) is 3.51. The summed E-state index contributed by atoms with van der Waals surface area (Å²) < 4.78 is 0. The van der Waals surface area contributed by atoms with Gasteiger partial charge >= 0.3 is 5.97 Å². The lowest BCUT2D eigenvalue weighted by Gasteiger charge is -2.30. The minimum absolute atomic E-state index is 0.157. The van der Waals surface area contributed by atoms with Gasteiger partial charge in [-0.2, -0.15) is 5.26 Å². The highest BCUT2D eigenvalue weighted by molar-refractivity contribution is 5.94. The summed E-state index contributed by atoms with van der Waals surface area (Å²) in [5, 5.41) is 17.7. The third-order valence-electron chi connectivity index (χ3n) is 3.51. The van der Waals surface area contributed by atoms with Crippen LogP contribution < -0.4 is 0 Å². The molecule has 0 aromatic heterocycles. The molecular formula is C15H16N2O3. The van der Waals surface area contributed by atoms with Gasteiger partial charge in [0.1, 0.15) is 0 Å². The van der Waals surface area contributed by atoms with Crippen molar-refractivity contribution in [1.82, 2.24) is 4.90 Å². The molecule has 20 heavy (non-hydrogen) atoms. The van der Waals surface area contributed by atoms with Gasteiger partial charge in [-0.1, -0.05) is 12.1 Å². The predicted octanol–water partition coefficient (Wildman–Crippen LogP) is 1.69. The third kappa shape index (κ3) is 3.15. The van der Waals surface area contributed by atoms with Gasteiger partial charge in [-0.05, 0) is 30.5 Å². The van der Waals surface area contributed by atoms with Gasteiger partial charge in [0.05, 0.1) is 18.4 Å². The van der Waals surface area contributed by atoms with Crippen LogP contribution in [0, 0.1) is 17.2 Å². The standard InChI is InChI=1S/C15H16N2O3/c16-7-6-11-3-1-4-12(9-11)14(18)17-8-2-5-13(10-17)15(19)20/h1,3-4,9,13H,2,5-6,8,10H2,(H,19,20). The monoisotopic (exact) mass is 272 g/mol. The topological polar surface area (TPSA) is 81.4 Å². The Balaban J connectivity index is 2.12. The molecule has 1 aromatic carbocycles. The minimum atomic E-state index is -0.847. The average Bonchev–Trinajstić information content (AvgIpc) is 2.47. The van der Waals surface area contributed by atoms with E-state index in [0.717, 1.165) is 5.56 Å². The number of likely N-dealkylation sites (tertiary alicyclic amines) is 1. The number of piperidine rings is 1. The van der Waals surface area contributed by atoms with Crippen LogP contribution in [0.25, 0.3) is 0 Å². The summed E-state index contributed by atoms with van der Waals surface area (Å²) in [4.78, 5) is 25.0. The highest BCUT2D eigenvalue weighted by Gasteiger charge is 2.28. The molecule has 0 radical (unpaired) electrons. The second-order valence-corrected chi connectivity index (χ2v) is 4.96. The van der Waals surface area contributed by atoms with E-state index < -0.39 is 11.9 Å². The van der Waals surface area contributed by atoms with E-state index >= 15 is 0 Å². The van der Waals surface area contributed by atoms with E-state index in [2.05, 4.69) is 0 Å². The quantitative estimate of drug-likeness (QED) is 0.907. The Morgan fingerprint density at radius 2 is 2.25 bits per heavy atom. The summed E-state index contributed by atoms with van der Waals surface area (Å²) in [6.07, 6.45) is 1.59. The molecule has 0 aliphatic carbocycles. The van der Waals surface area contributed by atoms with Gasteiger partial charge in [0.25, 0.3) is 5.91 Å². The molecule has 5 nitrogen and oxygen atoms in total. The molecule has 0 spiro atoms. The maximum atomic E-state index is 12.4. The fraction of sp³-hybridized carbons (Fsp3) is 0.400. The van der Waals surface area contributed by atoms with Crippen LogP contribution >= 0.6 is 0 Å². The van der Waals surface area contributed by atoms with Crippen LogP contribution in [-0.2, 0) is 11.2 Å². The molecule has 0 saturated carbocycles. The second-order valence-electron chi connectivity index (χ2n) is 4.96. The van der Waals surface area contributed by atoms with Crippen molar-refractivity contribution in [3.8, 4) is 6.07 Å². The van der Waals surface area contributed by atoms with E-state index in [1.165, 1.54) is 0 Å². The zero-order valence-corrected chi connectivity index (χ0v) is 11.1. The number of hydrogen-bond acceptors (Lipinski definition) is 3. The van der Waals surface area contributed by atoms with Gasteiger partial charge in [-0.3, -0.25) is 9.59 Å². The van der Waals surface area contributed by atoms with E-state index in [1.807, 2.05) is 6.07 Å². The normalized spacial score (nSPS) is 18.4. The number of carboxylic acids is 1. The Morgan fingerprint density at radius 1 is 1.45 bits per heavy atom. The Hall–Kier alpha value is -2.35. The number of aliphatic carboxylic acids is 1. The van der Waals surface area contributed by atoms with Crippen LogP contribution in [0.15, 0.2) is 24.3 Å². The van der Waals surface area contributed by atoms with E-state index in [-0.39, 0.29) is 18.9 Å². The SMILES string of the molecule is N#CCc1cccc(C(=O)N2CCCC(C(=O)O)C2)c1. The van der Waals surface area contributed by atoms with Crippen molar-refractivity contribution in [3.63, 3.8) is 0 Å². The Kier molecular flexibility index (Phi) is 4.36. The number of carbonyl (C=O) groups is 2. The van der Waals surface area contributed by atoms with Gasteiger partial charge < -0.3 is 10.0 Å². The highest BCUT2D eigenvalue weighted by Crippen LogP contribution is 2.19. The lowest BCUT2D eigenvalue weighted by molar-refractivity contribution is -0.143. The number of rotatable bonds is 3. The van der Waals surface area contributed by atoms with Crippen molar-refractivity contribution in [2.75, 3.05) is 13.1 Å². The molecular weight excluding hydrogens is 256 g/mol. The first-order valence-electron chi connectivity index (χ1n) is 6.60. The van der Waals surface area contributed by atoms with Crippen LogP contribution in [0.4, 0.5) is 0 Å². The van der Waals surface area contributed by atoms with Crippen molar-refractivity contribution in [3.05, 3.63) is 35.4 Å². The molecule has 5 heteroatoms. The van der Waals surface area contributed by atoms with Gasteiger partial charge in [-0.25, -0.2) is 0 Å². The predicted molar refractivity (Wildman–Crippen MR) is 72.0 cm³/mol. The zero-order valence-electron chi connectivity index (χ0n) is 11.1. The van der Waals surface area contributed by atoms with Crippen LogP contribution in [0.5, 0.6) is 0 Å². The fourth-order valence-electron chi connectivity index (χ4n) is 2.45. The van der Waals surface area contributed by atoms with E-state index in [1.54, 1.807) is 29.2 Å². The number of amides is 1. The summed E-state index contributed by atoms with van der Waals surface area (Å²) in [5.41, 5.74) is 1.31. The molecule has 1 atom stereocenters. The van der Waals surface area contributed by atoms with Crippen LogP contribution in [0.3, 0.4) is 0 Å². The van der Waals surface area contributed by atoms with E-state index in [4.69, 9.17) is 10.4 Å². The number of nitrogens with zero attached hydrogens (tertiary/aromatic N) is 2. The molecule has 1 unspecified atom stereocenters. The van der Waals surface area contributed by atoms with Gasteiger partial charge in [-0.15, -0.1) is 0 Å². The van der Waals surface area contributed by atoms with E-state index in [9.17, 15) is 9.59 Å². The molecule has 1 amide bonds. The maximum absolute atomic E-state index is 12.4. The Labute approximate surface area is 117 Å².